The second kappa shape index (κ2) is 8.10. The Hall–Kier alpha value is -1.73. The van der Waals surface area contributed by atoms with Gasteiger partial charge in [-0.3, -0.25) is 4.90 Å². The van der Waals surface area contributed by atoms with Crippen molar-refractivity contribution >= 4 is 27.6 Å². The zero-order valence-electron chi connectivity index (χ0n) is 14.5. The van der Waals surface area contributed by atoms with Crippen LogP contribution in [0.4, 0.5) is 16.0 Å². The molecule has 0 amide bonds. The van der Waals surface area contributed by atoms with Crippen LogP contribution in [0.1, 0.15) is 18.4 Å². The average molecular weight is 408 g/mol. The number of hydrogen-bond donors (Lipinski definition) is 1. The van der Waals surface area contributed by atoms with Crippen LogP contribution in [0.25, 0.3) is 0 Å². The van der Waals surface area contributed by atoms with Crippen molar-refractivity contribution in [2.75, 3.05) is 37.4 Å². The number of aromatic nitrogens is 2. The highest BCUT2D eigenvalue weighted by Crippen LogP contribution is 2.21. The van der Waals surface area contributed by atoms with E-state index < -0.39 is 0 Å². The van der Waals surface area contributed by atoms with Crippen molar-refractivity contribution in [1.82, 2.24) is 14.9 Å². The minimum atomic E-state index is -0.157. The highest BCUT2D eigenvalue weighted by molar-refractivity contribution is 9.10. The van der Waals surface area contributed by atoms with Crippen molar-refractivity contribution in [3.63, 3.8) is 0 Å². The van der Waals surface area contributed by atoms with Gasteiger partial charge in [-0.25, -0.2) is 14.4 Å². The SMILES string of the molecule is CN(C)c1cc(NC2CCCN(Cc3ccc(Br)cc3F)C2)ncn1. The summed E-state index contributed by atoms with van der Waals surface area (Å²) in [6, 6.07) is 7.52. The predicted molar refractivity (Wildman–Crippen MR) is 102 cm³/mol. The normalized spacial score (nSPS) is 18.2. The molecule has 2 aromatic rings. The van der Waals surface area contributed by atoms with E-state index in [0.29, 0.717) is 12.6 Å². The summed E-state index contributed by atoms with van der Waals surface area (Å²) in [4.78, 5) is 12.8. The van der Waals surface area contributed by atoms with Crippen LogP contribution >= 0.6 is 15.9 Å². The summed E-state index contributed by atoms with van der Waals surface area (Å²) in [5.74, 6) is 1.55. The Morgan fingerprint density at radius 1 is 1.32 bits per heavy atom. The highest BCUT2D eigenvalue weighted by atomic mass is 79.9. The molecule has 0 aliphatic carbocycles. The third-order valence-corrected chi connectivity index (χ3v) is 4.87. The fraction of sp³-hybridized carbons (Fsp3) is 0.444. The first-order valence-corrected chi connectivity index (χ1v) is 9.23. The summed E-state index contributed by atoms with van der Waals surface area (Å²) in [7, 11) is 3.92. The van der Waals surface area contributed by atoms with E-state index in [1.54, 1.807) is 6.33 Å². The molecule has 134 valence electrons. The molecule has 0 saturated carbocycles. The van der Waals surface area contributed by atoms with Crippen LogP contribution in [0.2, 0.25) is 0 Å². The lowest BCUT2D eigenvalue weighted by Gasteiger charge is -2.33. The lowest BCUT2D eigenvalue weighted by molar-refractivity contribution is 0.206. The maximum absolute atomic E-state index is 14.1. The minimum absolute atomic E-state index is 0.157. The van der Waals surface area contributed by atoms with Crippen molar-refractivity contribution in [2.24, 2.45) is 0 Å². The maximum Gasteiger partial charge on any atom is 0.133 e. The molecule has 0 radical (unpaired) electrons. The lowest BCUT2D eigenvalue weighted by Crippen LogP contribution is -2.41. The predicted octanol–water partition coefficient (Wildman–Crippen LogP) is 3.52. The van der Waals surface area contributed by atoms with E-state index in [1.807, 2.05) is 37.2 Å². The van der Waals surface area contributed by atoms with E-state index in [4.69, 9.17) is 0 Å². The lowest BCUT2D eigenvalue weighted by atomic mass is 10.0. The quantitative estimate of drug-likeness (QED) is 0.821. The number of nitrogens with one attached hydrogen (secondary N) is 1. The first kappa shape index (κ1) is 18.1. The van der Waals surface area contributed by atoms with Gasteiger partial charge in [-0.2, -0.15) is 0 Å². The van der Waals surface area contributed by atoms with Crippen molar-refractivity contribution in [2.45, 2.75) is 25.4 Å². The Kier molecular flexibility index (Phi) is 5.86. The van der Waals surface area contributed by atoms with Gasteiger partial charge in [0.1, 0.15) is 23.8 Å². The molecular formula is C18H23BrFN5. The molecule has 1 unspecified atom stereocenters. The van der Waals surface area contributed by atoms with Gasteiger partial charge < -0.3 is 10.2 Å². The smallest absolute Gasteiger partial charge is 0.133 e. The van der Waals surface area contributed by atoms with Gasteiger partial charge in [-0.05, 0) is 31.5 Å². The van der Waals surface area contributed by atoms with Gasteiger partial charge in [0.05, 0.1) is 0 Å². The van der Waals surface area contributed by atoms with Crippen molar-refractivity contribution in [3.05, 3.63) is 46.4 Å². The zero-order chi connectivity index (χ0) is 17.8. The molecule has 0 bridgehead atoms. The number of anilines is 2. The van der Waals surface area contributed by atoms with Crippen LogP contribution < -0.4 is 10.2 Å². The van der Waals surface area contributed by atoms with Crippen molar-refractivity contribution in [1.29, 1.82) is 0 Å². The van der Waals surface area contributed by atoms with Crippen LogP contribution in [-0.4, -0.2) is 48.1 Å². The second-order valence-electron chi connectivity index (χ2n) is 6.61. The minimum Gasteiger partial charge on any atom is -0.366 e. The second-order valence-corrected chi connectivity index (χ2v) is 7.53. The van der Waals surface area contributed by atoms with E-state index >= 15 is 0 Å². The summed E-state index contributed by atoms with van der Waals surface area (Å²) >= 11 is 3.30. The number of benzene rings is 1. The van der Waals surface area contributed by atoms with Gasteiger partial charge in [-0.15, -0.1) is 0 Å². The first-order chi connectivity index (χ1) is 12.0. The topological polar surface area (TPSA) is 44.3 Å². The third kappa shape index (κ3) is 4.89. The van der Waals surface area contributed by atoms with E-state index in [2.05, 4.69) is 36.1 Å². The Labute approximate surface area is 156 Å². The van der Waals surface area contributed by atoms with Gasteiger partial charge in [0, 0.05) is 49.3 Å². The largest absolute Gasteiger partial charge is 0.366 e. The fourth-order valence-electron chi connectivity index (χ4n) is 3.09. The van der Waals surface area contributed by atoms with Gasteiger partial charge >= 0.3 is 0 Å². The first-order valence-electron chi connectivity index (χ1n) is 8.43. The van der Waals surface area contributed by atoms with Gasteiger partial charge in [0.2, 0.25) is 0 Å². The fourth-order valence-corrected chi connectivity index (χ4v) is 3.42. The molecule has 25 heavy (non-hydrogen) atoms. The Bertz CT molecular complexity index is 724. The molecule has 1 aromatic heterocycles. The summed E-state index contributed by atoms with van der Waals surface area (Å²) in [5, 5.41) is 3.49. The van der Waals surface area contributed by atoms with Crippen LogP contribution in [-0.2, 0) is 6.54 Å². The molecule has 1 saturated heterocycles. The van der Waals surface area contributed by atoms with Gasteiger partial charge in [0.25, 0.3) is 0 Å². The molecule has 3 rings (SSSR count). The van der Waals surface area contributed by atoms with E-state index in [1.165, 1.54) is 6.07 Å². The number of piperidine rings is 1. The molecule has 1 atom stereocenters. The van der Waals surface area contributed by atoms with Crippen LogP contribution in [0, 0.1) is 5.82 Å². The Morgan fingerprint density at radius 2 is 2.16 bits per heavy atom. The van der Waals surface area contributed by atoms with Gasteiger partial charge in [-0.1, -0.05) is 22.0 Å². The molecule has 5 nitrogen and oxygen atoms in total. The summed E-state index contributed by atoms with van der Waals surface area (Å²) in [5.41, 5.74) is 0.737. The molecule has 2 heterocycles. The highest BCUT2D eigenvalue weighted by Gasteiger charge is 2.21. The van der Waals surface area contributed by atoms with Gasteiger partial charge in [0.15, 0.2) is 0 Å². The van der Waals surface area contributed by atoms with E-state index in [9.17, 15) is 4.39 Å². The number of halogens is 2. The number of rotatable bonds is 5. The van der Waals surface area contributed by atoms with Crippen LogP contribution in [0.3, 0.4) is 0 Å². The third-order valence-electron chi connectivity index (χ3n) is 4.38. The van der Waals surface area contributed by atoms with Crippen LogP contribution in [0.5, 0.6) is 0 Å². The van der Waals surface area contributed by atoms with E-state index in [0.717, 1.165) is 47.6 Å². The molecule has 1 fully saturated rings. The molecule has 0 spiro atoms. The molecular weight excluding hydrogens is 385 g/mol. The average Bonchev–Trinajstić information content (AvgIpc) is 2.58. The summed E-state index contributed by atoms with van der Waals surface area (Å²) < 4.78 is 14.8. The standard InChI is InChI=1S/C18H23BrFN5/c1-24(2)18-9-17(21-12-22-18)23-15-4-3-7-25(11-15)10-13-5-6-14(19)8-16(13)20/h5-6,8-9,12,15H,3-4,7,10-11H2,1-2H3,(H,21,22,23). The van der Waals surface area contributed by atoms with E-state index in [-0.39, 0.29) is 5.82 Å². The van der Waals surface area contributed by atoms with Crippen molar-refractivity contribution < 1.29 is 4.39 Å². The summed E-state index contributed by atoms with van der Waals surface area (Å²) in [6.07, 6.45) is 3.75. The molecule has 1 N–H and O–H groups in total. The molecule has 1 aliphatic heterocycles. The molecule has 7 heteroatoms. The maximum atomic E-state index is 14.1. The molecule has 1 aliphatic rings. The molecule has 1 aromatic carbocycles. The monoisotopic (exact) mass is 407 g/mol. The Morgan fingerprint density at radius 3 is 2.92 bits per heavy atom. The summed E-state index contributed by atoms with van der Waals surface area (Å²) in [6.45, 7) is 2.49. The number of hydrogen-bond acceptors (Lipinski definition) is 5. The van der Waals surface area contributed by atoms with Crippen molar-refractivity contribution in [3.8, 4) is 0 Å². The van der Waals surface area contributed by atoms with Crippen LogP contribution in [0.15, 0.2) is 35.1 Å². The Balaban J connectivity index is 1.62. The number of nitrogens with zero attached hydrogens (tertiary/aromatic N) is 4. The zero-order valence-corrected chi connectivity index (χ0v) is 16.1. The number of likely N-dealkylation sites (tertiary alicyclic amines) is 1.